The fourth-order valence-corrected chi connectivity index (χ4v) is 2.24. The fraction of sp³-hybridized carbons (Fsp3) is 0.333. The molecule has 0 spiro atoms. The number of hydrogen-bond acceptors (Lipinski definition) is 3. The molecular weight excluding hydrogens is 277 g/mol. The molecule has 2 aromatic rings. The molecule has 0 unspecified atom stereocenters. The molecule has 0 fully saturated rings. The Kier molecular flexibility index (Phi) is 4.55. The van der Waals surface area contributed by atoms with Crippen molar-refractivity contribution in [3.8, 4) is 11.3 Å². The molecule has 1 N–H and O–H groups in total. The van der Waals surface area contributed by atoms with Crippen molar-refractivity contribution in [1.82, 2.24) is 9.97 Å². The molecule has 0 bridgehead atoms. The van der Waals surface area contributed by atoms with Gasteiger partial charge in [-0.3, -0.25) is 0 Å². The first kappa shape index (κ1) is 14.7. The average molecular weight is 294 g/mol. The molecule has 0 atom stereocenters. The molecular formula is C15H17ClFN3. The Labute approximate surface area is 123 Å². The number of nitrogens with zero attached hydrogens (tertiary/aromatic N) is 2. The average Bonchev–Trinajstić information content (AvgIpc) is 2.40. The number of aromatic nitrogens is 2. The van der Waals surface area contributed by atoms with E-state index in [1.807, 2.05) is 13.8 Å². The van der Waals surface area contributed by atoms with Gasteiger partial charge in [0.1, 0.15) is 17.5 Å². The highest BCUT2D eigenvalue weighted by atomic mass is 35.5. The summed E-state index contributed by atoms with van der Waals surface area (Å²) in [5.41, 5.74) is 2.37. The minimum atomic E-state index is -0.355. The van der Waals surface area contributed by atoms with Gasteiger partial charge in [0.05, 0.1) is 10.7 Å². The molecule has 0 saturated carbocycles. The SMILES string of the molecule is CCCNc1nc(C)nc(-c2ccc(F)cc2Cl)c1C. The lowest BCUT2D eigenvalue weighted by Crippen LogP contribution is -2.07. The van der Waals surface area contributed by atoms with Crippen molar-refractivity contribution >= 4 is 17.4 Å². The third kappa shape index (κ3) is 3.07. The lowest BCUT2D eigenvalue weighted by molar-refractivity contribution is 0.628. The van der Waals surface area contributed by atoms with Gasteiger partial charge < -0.3 is 5.32 Å². The van der Waals surface area contributed by atoms with Crippen LogP contribution in [0.15, 0.2) is 18.2 Å². The van der Waals surface area contributed by atoms with Crippen LogP contribution in [0.4, 0.5) is 10.2 Å². The van der Waals surface area contributed by atoms with E-state index in [1.54, 1.807) is 6.07 Å². The predicted molar refractivity (Wildman–Crippen MR) is 80.7 cm³/mol. The second-order valence-electron chi connectivity index (χ2n) is 4.64. The maximum atomic E-state index is 13.2. The quantitative estimate of drug-likeness (QED) is 0.909. The zero-order valence-electron chi connectivity index (χ0n) is 11.8. The maximum absolute atomic E-state index is 13.2. The van der Waals surface area contributed by atoms with Crippen molar-refractivity contribution in [2.45, 2.75) is 27.2 Å². The van der Waals surface area contributed by atoms with Crippen LogP contribution in [0.25, 0.3) is 11.3 Å². The molecule has 2 rings (SSSR count). The number of nitrogens with one attached hydrogen (secondary N) is 1. The Bertz CT molecular complexity index is 629. The van der Waals surface area contributed by atoms with Crippen molar-refractivity contribution < 1.29 is 4.39 Å². The molecule has 3 nitrogen and oxygen atoms in total. The zero-order valence-corrected chi connectivity index (χ0v) is 12.6. The van der Waals surface area contributed by atoms with Crippen LogP contribution in [0.5, 0.6) is 0 Å². The van der Waals surface area contributed by atoms with Crippen LogP contribution >= 0.6 is 11.6 Å². The largest absolute Gasteiger partial charge is 0.370 e. The fourth-order valence-electron chi connectivity index (χ4n) is 1.99. The molecule has 106 valence electrons. The van der Waals surface area contributed by atoms with Crippen LogP contribution in [0, 0.1) is 19.7 Å². The molecule has 0 radical (unpaired) electrons. The second kappa shape index (κ2) is 6.18. The lowest BCUT2D eigenvalue weighted by atomic mass is 10.1. The lowest BCUT2D eigenvalue weighted by Gasteiger charge is -2.13. The van der Waals surface area contributed by atoms with Gasteiger partial charge in [0, 0.05) is 17.7 Å². The Balaban J connectivity index is 2.53. The van der Waals surface area contributed by atoms with Gasteiger partial charge in [-0.05, 0) is 38.5 Å². The van der Waals surface area contributed by atoms with E-state index >= 15 is 0 Å². The summed E-state index contributed by atoms with van der Waals surface area (Å²) >= 11 is 6.12. The van der Waals surface area contributed by atoms with Gasteiger partial charge in [0.25, 0.3) is 0 Å². The van der Waals surface area contributed by atoms with Crippen LogP contribution in [0.2, 0.25) is 5.02 Å². The minimum absolute atomic E-state index is 0.354. The second-order valence-corrected chi connectivity index (χ2v) is 5.05. The first-order valence-electron chi connectivity index (χ1n) is 6.57. The van der Waals surface area contributed by atoms with Crippen molar-refractivity contribution in [3.63, 3.8) is 0 Å². The Hall–Kier alpha value is -1.68. The summed E-state index contributed by atoms with van der Waals surface area (Å²) in [4.78, 5) is 8.85. The molecule has 0 amide bonds. The highest BCUT2D eigenvalue weighted by Gasteiger charge is 2.13. The molecule has 0 aliphatic heterocycles. The van der Waals surface area contributed by atoms with E-state index in [0.717, 1.165) is 35.6 Å². The summed E-state index contributed by atoms with van der Waals surface area (Å²) in [6.45, 7) is 6.70. The predicted octanol–water partition coefficient (Wildman–Crippen LogP) is 4.37. The molecule has 1 aromatic carbocycles. The van der Waals surface area contributed by atoms with E-state index in [1.165, 1.54) is 12.1 Å². The summed E-state index contributed by atoms with van der Waals surface area (Å²) in [5, 5.41) is 3.63. The minimum Gasteiger partial charge on any atom is -0.370 e. The van der Waals surface area contributed by atoms with Crippen molar-refractivity contribution in [2.75, 3.05) is 11.9 Å². The number of halogens is 2. The molecule has 0 aliphatic rings. The zero-order chi connectivity index (χ0) is 14.7. The monoisotopic (exact) mass is 293 g/mol. The Morgan fingerprint density at radius 2 is 2.00 bits per heavy atom. The summed E-state index contributed by atoms with van der Waals surface area (Å²) < 4.78 is 13.2. The molecule has 20 heavy (non-hydrogen) atoms. The van der Waals surface area contributed by atoms with Gasteiger partial charge >= 0.3 is 0 Å². The van der Waals surface area contributed by atoms with E-state index in [4.69, 9.17) is 11.6 Å². The highest BCUT2D eigenvalue weighted by molar-refractivity contribution is 6.33. The summed E-state index contributed by atoms with van der Waals surface area (Å²) in [6, 6.07) is 4.33. The highest BCUT2D eigenvalue weighted by Crippen LogP contribution is 2.31. The number of anilines is 1. The number of aryl methyl sites for hydroxylation is 1. The van der Waals surface area contributed by atoms with Gasteiger partial charge in [0.2, 0.25) is 0 Å². The molecule has 1 aromatic heterocycles. The third-order valence-corrected chi connectivity index (χ3v) is 3.30. The number of benzene rings is 1. The van der Waals surface area contributed by atoms with Crippen LogP contribution in [-0.2, 0) is 0 Å². The van der Waals surface area contributed by atoms with Crippen LogP contribution in [0.1, 0.15) is 24.7 Å². The van der Waals surface area contributed by atoms with Crippen molar-refractivity contribution in [2.24, 2.45) is 0 Å². The first-order valence-corrected chi connectivity index (χ1v) is 6.95. The molecule has 0 aliphatic carbocycles. The van der Waals surface area contributed by atoms with Gasteiger partial charge in [-0.1, -0.05) is 18.5 Å². The molecule has 0 saturated heterocycles. The van der Waals surface area contributed by atoms with Gasteiger partial charge in [-0.15, -0.1) is 0 Å². The summed E-state index contributed by atoms with van der Waals surface area (Å²) in [7, 11) is 0. The van der Waals surface area contributed by atoms with Crippen LogP contribution in [0.3, 0.4) is 0 Å². The van der Waals surface area contributed by atoms with Gasteiger partial charge in [0.15, 0.2) is 0 Å². The van der Waals surface area contributed by atoms with E-state index in [0.29, 0.717) is 10.8 Å². The number of rotatable bonds is 4. The van der Waals surface area contributed by atoms with Crippen LogP contribution < -0.4 is 5.32 Å². The molecule has 1 heterocycles. The normalized spacial score (nSPS) is 10.7. The van der Waals surface area contributed by atoms with Crippen LogP contribution in [-0.4, -0.2) is 16.5 Å². The van der Waals surface area contributed by atoms with Gasteiger partial charge in [-0.2, -0.15) is 0 Å². The van der Waals surface area contributed by atoms with Crippen molar-refractivity contribution in [3.05, 3.63) is 40.4 Å². The molecule has 5 heteroatoms. The Morgan fingerprint density at radius 3 is 2.65 bits per heavy atom. The summed E-state index contributed by atoms with van der Waals surface area (Å²) in [6.07, 6.45) is 1.01. The third-order valence-electron chi connectivity index (χ3n) is 2.99. The smallest absolute Gasteiger partial charge is 0.133 e. The summed E-state index contributed by atoms with van der Waals surface area (Å²) in [5.74, 6) is 1.10. The topological polar surface area (TPSA) is 37.8 Å². The first-order chi connectivity index (χ1) is 9.52. The standard InChI is InChI=1S/C15H17ClFN3/c1-4-7-18-15-9(2)14(19-10(3)20-15)12-6-5-11(17)8-13(12)16/h5-6,8H,4,7H2,1-3H3,(H,18,19,20). The van der Waals surface area contributed by atoms with E-state index < -0.39 is 0 Å². The van der Waals surface area contributed by atoms with E-state index in [9.17, 15) is 4.39 Å². The van der Waals surface area contributed by atoms with E-state index in [2.05, 4.69) is 22.2 Å². The Morgan fingerprint density at radius 1 is 1.25 bits per heavy atom. The van der Waals surface area contributed by atoms with Crippen molar-refractivity contribution in [1.29, 1.82) is 0 Å². The number of hydrogen-bond donors (Lipinski definition) is 1. The van der Waals surface area contributed by atoms with Gasteiger partial charge in [-0.25, -0.2) is 14.4 Å². The maximum Gasteiger partial charge on any atom is 0.133 e. The van der Waals surface area contributed by atoms with E-state index in [-0.39, 0.29) is 5.82 Å².